The Labute approximate surface area is 121 Å². The first-order chi connectivity index (χ1) is 10.2. The fraction of sp³-hybridized carbons (Fsp3) is 0.143. The smallest absolute Gasteiger partial charge is 0.258 e. The minimum atomic E-state index is -0.930. The molecular formula is C14H14N4O3. The largest absolute Gasteiger partial charge is 0.496 e. The van der Waals surface area contributed by atoms with Crippen molar-refractivity contribution in [1.82, 2.24) is 10.9 Å². The summed E-state index contributed by atoms with van der Waals surface area (Å²) in [6.45, 7) is 0. The van der Waals surface area contributed by atoms with Gasteiger partial charge in [0.25, 0.3) is 11.8 Å². The lowest BCUT2D eigenvalue weighted by Gasteiger charge is -2.02. The van der Waals surface area contributed by atoms with Crippen LogP contribution in [0.3, 0.4) is 0 Å². The number of ether oxygens (including phenoxy) is 1. The average Bonchev–Trinajstić information content (AvgIpc) is 2.93. The second-order valence-electron chi connectivity index (χ2n) is 4.09. The lowest BCUT2D eigenvalue weighted by atomic mass is 10.1. The number of hydrogen-bond acceptors (Lipinski definition) is 5. The van der Waals surface area contributed by atoms with E-state index in [9.17, 15) is 9.59 Å². The molecule has 2 amide bonds. The molecule has 1 aromatic carbocycles. The number of para-hydroxylation sites is 1. The maximum Gasteiger partial charge on any atom is 0.258 e. The van der Waals surface area contributed by atoms with Crippen molar-refractivity contribution in [3.63, 3.8) is 0 Å². The van der Waals surface area contributed by atoms with Gasteiger partial charge in [-0.2, -0.15) is 10.2 Å². The molecule has 2 N–H and O–H groups in total. The van der Waals surface area contributed by atoms with E-state index < -0.39 is 17.7 Å². The Hall–Kier alpha value is -2.96. The van der Waals surface area contributed by atoms with E-state index in [1.807, 2.05) is 24.3 Å². The summed E-state index contributed by atoms with van der Waals surface area (Å²) in [6, 6.07) is 7.50. The molecule has 0 aliphatic carbocycles. The molecule has 0 fully saturated rings. The summed E-state index contributed by atoms with van der Waals surface area (Å²) in [5, 5.41) is 7.23. The van der Waals surface area contributed by atoms with Crippen molar-refractivity contribution in [1.29, 1.82) is 0 Å². The third-order valence-corrected chi connectivity index (χ3v) is 2.71. The van der Waals surface area contributed by atoms with Gasteiger partial charge in [-0.3, -0.25) is 9.59 Å². The fourth-order valence-electron chi connectivity index (χ4n) is 1.66. The monoisotopic (exact) mass is 286 g/mol. The van der Waals surface area contributed by atoms with E-state index in [1.165, 1.54) is 12.4 Å². The molecule has 0 spiro atoms. The minimum absolute atomic E-state index is 0.465. The van der Waals surface area contributed by atoms with Gasteiger partial charge in [0.15, 0.2) is 5.92 Å². The number of carbonyl (C=O) groups excluding carboxylic acids is 2. The topological polar surface area (TPSA) is 92.2 Å². The van der Waals surface area contributed by atoms with Gasteiger partial charge >= 0.3 is 0 Å². The average molecular weight is 286 g/mol. The van der Waals surface area contributed by atoms with Gasteiger partial charge in [-0.15, -0.1) is 0 Å². The van der Waals surface area contributed by atoms with E-state index in [0.717, 1.165) is 11.3 Å². The molecule has 1 atom stereocenters. The van der Waals surface area contributed by atoms with Crippen molar-refractivity contribution in [3.05, 3.63) is 35.9 Å². The zero-order valence-corrected chi connectivity index (χ0v) is 11.3. The number of hydrazone groups is 2. The van der Waals surface area contributed by atoms with Gasteiger partial charge in [0.05, 0.1) is 7.11 Å². The second-order valence-corrected chi connectivity index (χ2v) is 4.09. The molecule has 0 bridgehead atoms. The molecule has 0 unspecified atom stereocenters. The molecule has 7 nitrogen and oxygen atoms in total. The standard InChI is InChI=1S/C14H14N4O3/c1-21-12-7-3-2-5-10(12)6-4-8-15-17-13(19)11-9-16-18-14(11)20/h2-9,11H,1H3,(H,17,19)(H,18,20)/b6-4+,15-8-/t11-/m0/s1. The summed E-state index contributed by atoms with van der Waals surface area (Å²) in [5.41, 5.74) is 5.33. The molecular weight excluding hydrogens is 272 g/mol. The molecule has 2 rings (SSSR count). The van der Waals surface area contributed by atoms with E-state index in [4.69, 9.17) is 4.74 Å². The van der Waals surface area contributed by atoms with Gasteiger partial charge < -0.3 is 4.74 Å². The molecule has 1 aliphatic heterocycles. The van der Waals surface area contributed by atoms with Crippen LogP contribution in [0.25, 0.3) is 6.08 Å². The number of benzene rings is 1. The Morgan fingerprint density at radius 2 is 2.29 bits per heavy atom. The van der Waals surface area contributed by atoms with Crippen molar-refractivity contribution in [2.75, 3.05) is 7.11 Å². The molecule has 0 aromatic heterocycles. The number of nitrogens with zero attached hydrogens (tertiary/aromatic N) is 2. The Morgan fingerprint density at radius 3 is 3.00 bits per heavy atom. The molecule has 0 saturated carbocycles. The Balaban J connectivity index is 1.88. The van der Waals surface area contributed by atoms with Gasteiger partial charge in [-0.25, -0.2) is 10.9 Å². The third-order valence-electron chi connectivity index (χ3n) is 2.71. The lowest BCUT2D eigenvalue weighted by molar-refractivity contribution is -0.131. The predicted octanol–water partition coefficient (Wildman–Crippen LogP) is 0.542. The predicted molar refractivity (Wildman–Crippen MR) is 78.8 cm³/mol. The summed E-state index contributed by atoms with van der Waals surface area (Å²) in [4.78, 5) is 22.8. The first-order valence-electron chi connectivity index (χ1n) is 6.18. The zero-order valence-electron chi connectivity index (χ0n) is 11.3. The Bertz CT molecular complexity index is 622. The van der Waals surface area contributed by atoms with Crippen molar-refractivity contribution < 1.29 is 14.3 Å². The molecule has 7 heteroatoms. The number of hydrogen-bond donors (Lipinski definition) is 2. The number of carbonyl (C=O) groups is 2. The summed E-state index contributed by atoms with van der Waals surface area (Å²) >= 11 is 0. The number of rotatable bonds is 5. The van der Waals surface area contributed by atoms with Crippen LogP contribution in [-0.4, -0.2) is 31.4 Å². The number of methoxy groups -OCH3 is 1. The maximum atomic E-state index is 11.6. The normalized spacial score (nSPS) is 17.4. The van der Waals surface area contributed by atoms with Crippen LogP contribution in [0, 0.1) is 5.92 Å². The van der Waals surface area contributed by atoms with Crippen LogP contribution in [-0.2, 0) is 9.59 Å². The highest BCUT2D eigenvalue weighted by atomic mass is 16.5. The van der Waals surface area contributed by atoms with E-state index in [-0.39, 0.29) is 0 Å². The molecule has 1 aromatic rings. The van der Waals surface area contributed by atoms with Crippen molar-refractivity contribution in [2.45, 2.75) is 0 Å². The highest BCUT2D eigenvalue weighted by Gasteiger charge is 2.28. The van der Waals surface area contributed by atoms with Crippen LogP contribution in [0.5, 0.6) is 5.75 Å². The lowest BCUT2D eigenvalue weighted by Crippen LogP contribution is -2.34. The van der Waals surface area contributed by atoms with Gasteiger partial charge in [0, 0.05) is 18.0 Å². The van der Waals surface area contributed by atoms with Crippen LogP contribution in [0.2, 0.25) is 0 Å². The van der Waals surface area contributed by atoms with E-state index in [0.29, 0.717) is 0 Å². The molecule has 0 saturated heterocycles. The van der Waals surface area contributed by atoms with Crippen LogP contribution in [0.4, 0.5) is 0 Å². The third kappa shape index (κ3) is 3.75. The Morgan fingerprint density at radius 1 is 1.48 bits per heavy atom. The summed E-state index contributed by atoms with van der Waals surface area (Å²) in [7, 11) is 1.59. The van der Waals surface area contributed by atoms with Gasteiger partial charge in [0.1, 0.15) is 5.75 Å². The van der Waals surface area contributed by atoms with Crippen LogP contribution < -0.4 is 15.6 Å². The van der Waals surface area contributed by atoms with Crippen molar-refractivity contribution in [3.8, 4) is 5.75 Å². The molecule has 21 heavy (non-hydrogen) atoms. The molecule has 108 valence electrons. The highest BCUT2D eigenvalue weighted by Crippen LogP contribution is 2.18. The Kier molecular flexibility index (Phi) is 4.81. The highest BCUT2D eigenvalue weighted by molar-refractivity contribution is 6.15. The molecule has 0 radical (unpaired) electrons. The van der Waals surface area contributed by atoms with E-state index in [1.54, 1.807) is 19.3 Å². The first-order valence-corrected chi connectivity index (χ1v) is 6.18. The van der Waals surface area contributed by atoms with E-state index in [2.05, 4.69) is 21.1 Å². The molecule has 1 aliphatic rings. The van der Waals surface area contributed by atoms with Crippen molar-refractivity contribution >= 4 is 30.3 Å². The van der Waals surface area contributed by atoms with Gasteiger partial charge in [-0.1, -0.05) is 18.2 Å². The number of nitrogens with one attached hydrogen (secondary N) is 2. The SMILES string of the molecule is COc1ccccc1/C=C/C=N\NC(=O)[C@@H]1C=NNC1=O. The quantitative estimate of drug-likeness (QED) is 0.470. The minimum Gasteiger partial charge on any atom is -0.496 e. The van der Waals surface area contributed by atoms with Crippen LogP contribution in [0.1, 0.15) is 5.56 Å². The van der Waals surface area contributed by atoms with Gasteiger partial charge in [-0.05, 0) is 18.2 Å². The van der Waals surface area contributed by atoms with Crippen molar-refractivity contribution in [2.24, 2.45) is 16.1 Å². The van der Waals surface area contributed by atoms with E-state index >= 15 is 0 Å². The molecule has 1 heterocycles. The maximum absolute atomic E-state index is 11.6. The van der Waals surface area contributed by atoms with Crippen LogP contribution in [0.15, 0.2) is 40.5 Å². The number of allylic oxidation sites excluding steroid dienone is 1. The summed E-state index contributed by atoms with van der Waals surface area (Å²) in [6.07, 6.45) is 6.09. The van der Waals surface area contributed by atoms with Gasteiger partial charge in [0.2, 0.25) is 0 Å². The first kappa shape index (κ1) is 14.4. The van der Waals surface area contributed by atoms with Crippen LogP contribution >= 0.6 is 0 Å². The second kappa shape index (κ2) is 6.99. The number of amides is 2. The summed E-state index contributed by atoms with van der Waals surface area (Å²) in [5.74, 6) is -1.19. The summed E-state index contributed by atoms with van der Waals surface area (Å²) < 4.78 is 5.20. The fourth-order valence-corrected chi connectivity index (χ4v) is 1.66. The zero-order chi connectivity index (χ0) is 15.1.